The first-order valence-electron chi connectivity index (χ1n) is 7.77. The van der Waals surface area contributed by atoms with E-state index in [4.69, 9.17) is 9.15 Å². The molecule has 1 aromatic heterocycles. The van der Waals surface area contributed by atoms with Crippen molar-refractivity contribution in [1.82, 2.24) is 4.72 Å². The highest BCUT2D eigenvalue weighted by atomic mass is 32.2. The third-order valence-electron chi connectivity index (χ3n) is 4.41. The van der Waals surface area contributed by atoms with E-state index in [1.807, 2.05) is 24.3 Å². The van der Waals surface area contributed by atoms with Gasteiger partial charge in [0.15, 0.2) is 0 Å². The summed E-state index contributed by atoms with van der Waals surface area (Å²) in [4.78, 5) is 0. The minimum Gasteiger partial charge on any atom is -0.464 e. The van der Waals surface area contributed by atoms with Crippen molar-refractivity contribution >= 4 is 30.0 Å². The number of ether oxygens (including phenoxy) is 1. The van der Waals surface area contributed by atoms with Gasteiger partial charge in [-0.15, -0.1) is 0 Å². The average molecular weight is 331 g/mol. The zero-order chi connectivity index (χ0) is 15.8. The van der Waals surface area contributed by atoms with Gasteiger partial charge in [0.05, 0.1) is 29.7 Å². The van der Waals surface area contributed by atoms with Crippen LogP contribution in [-0.2, 0) is 11.2 Å². The van der Waals surface area contributed by atoms with Crippen LogP contribution in [0.2, 0.25) is 0 Å². The first kappa shape index (κ1) is 15.3. The number of furan rings is 1. The van der Waals surface area contributed by atoms with Gasteiger partial charge in [0.2, 0.25) is 0 Å². The molecule has 4 unspecified atom stereocenters. The van der Waals surface area contributed by atoms with E-state index in [1.165, 1.54) is 11.9 Å². The normalized spacial score (nSPS) is 27.0. The third kappa shape index (κ3) is 3.07. The lowest BCUT2D eigenvalue weighted by atomic mass is 9.77. The van der Waals surface area contributed by atoms with Gasteiger partial charge in [-0.05, 0) is 24.5 Å². The third-order valence-corrected chi connectivity index (χ3v) is 5.61. The number of nitrogens with one attached hydrogen (secondary N) is 1. The number of fused-ring (bicyclic) bond motifs is 3. The predicted molar refractivity (Wildman–Crippen MR) is 90.8 cm³/mol. The van der Waals surface area contributed by atoms with E-state index in [0.29, 0.717) is 11.7 Å². The Kier molecular flexibility index (Phi) is 4.21. The smallest absolute Gasteiger partial charge is 0.464 e. The molecule has 23 heavy (non-hydrogen) atoms. The maximum atomic E-state index is 9.69. The lowest BCUT2D eigenvalue weighted by Crippen LogP contribution is -2.43. The van der Waals surface area contributed by atoms with Crippen molar-refractivity contribution in [3.8, 4) is 0 Å². The van der Waals surface area contributed by atoms with E-state index in [2.05, 4.69) is 16.9 Å². The maximum absolute atomic E-state index is 9.69. The molecule has 2 aliphatic heterocycles. The second-order valence-electron chi connectivity index (χ2n) is 6.02. The van der Waals surface area contributed by atoms with E-state index in [9.17, 15) is 10.0 Å². The van der Waals surface area contributed by atoms with E-state index < -0.39 is 13.1 Å². The summed E-state index contributed by atoms with van der Waals surface area (Å²) in [5, 5.41) is 20.7. The molecular weight excluding hydrogens is 313 g/mol. The van der Waals surface area contributed by atoms with Crippen molar-refractivity contribution in [2.24, 2.45) is 0 Å². The lowest BCUT2D eigenvalue weighted by molar-refractivity contribution is 0.121. The second kappa shape index (κ2) is 6.34. The summed E-state index contributed by atoms with van der Waals surface area (Å²) in [7, 11) is -1.44. The van der Waals surface area contributed by atoms with E-state index in [0.717, 1.165) is 23.0 Å². The van der Waals surface area contributed by atoms with Crippen LogP contribution in [0.15, 0.2) is 47.1 Å². The topological polar surface area (TPSA) is 74.9 Å². The van der Waals surface area contributed by atoms with E-state index in [-0.39, 0.29) is 12.2 Å². The summed E-state index contributed by atoms with van der Waals surface area (Å²) in [6.45, 7) is 0. The molecule has 4 rings (SSSR count). The van der Waals surface area contributed by atoms with Crippen molar-refractivity contribution in [3.63, 3.8) is 0 Å². The largest absolute Gasteiger partial charge is 0.470 e. The second-order valence-corrected chi connectivity index (χ2v) is 7.09. The molecule has 7 heteroatoms. The molecule has 1 fully saturated rings. The molecule has 2 aliphatic rings. The molecule has 3 heterocycles. The lowest BCUT2D eigenvalue weighted by Gasteiger charge is -2.21. The van der Waals surface area contributed by atoms with Gasteiger partial charge in [-0.3, -0.25) is 4.72 Å². The number of rotatable bonds is 6. The molecule has 0 aliphatic carbocycles. The molecule has 0 radical (unpaired) electrons. The number of hydrogen-bond acceptors (Lipinski definition) is 6. The first-order valence-corrected chi connectivity index (χ1v) is 8.65. The summed E-state index contributed by atoms with van der Waals surface area (Å²) < 4.78 is 14.5. The molecule has 2 bridgehead atoms. The van der Waals surface area contributed by atoms with Gasteiger partial charge >= 0.3 is 7.12 Å². The van der Waals surface area contributed by atoms with E-state index >= 15 is 0 Å². The Morgan fingerprint density at radius 3 is 2.91 bits per heavy atom. The highest BCUT2D eigenvalue weighted by Gasteiger charge is 2.38. The van der Waals surface area contributed by atoms with E-state index in [1.54, 1.807) is 6.26 Å². The summed E-state index contributed by atoms with van der Waals surface area (Å²) >= 11 is 1.53. The van der Waals surface area contributed by atoms with Crippen molar-refractivity contribution in [3.05, 3.63) is 48.2 Å². The van der Waals surface area contributed by atoms with Gasteiger partial charge < -0.3 is 19.2 Å². The van der Waals surface area contributed by atoms with Crippen LogP contribution in [0.5, 0.6) is 0 Å². The van der Waals surface area contributed by atoms with Crippen LogP contribution < -0.4 is 4.72 Å². The number of benzene rings is 1. The molecule has 4 atom stereocenters. The molecule has 1 aromatic carbocycles. The molecule has 5 nitrogen and oxygen atoms in total. The first-order chi connectivity index (χ1) is 11.2. The fourth-order valence-electron chi connectivity index (χ4n) is 3.16. The molecule has 0 amide bonds. The predicted octanol–water partition coefficient (Wildman–Crippen LogP) is 1.69. The minimum absolute atomic E-state index is 0.128. The Morgan fingerprint density at radius 2 is 2.17 bits per heavy atom. The fraction of sp³-hybridized carbons (Fsp3) is 0.375. The average Bonchev–Trinajstić information content (AvgIpc) is 3.26. The van der Waals surface area contributed by atoms with Gasteiger partial charge in [-0.2, -0.15) is 0 Å². The minimum atomic E-state index is -1.44. The van der Waals surface area contributed by atoms with Gasteiger partial charge in [-0.25, -0.2) is 0 Å². The fourth-order valence-corrected chi connectivity index (χ4v) is 4.29. The molecular formula is C16H18BNO4S. The molecule has 1 saturated heterocycles. The van der Waals surface area contributed by atoms with Crippen LogP contribution >= 0.6 is 11.9 Å². The van der Waals surface area contributed by atoms with Gasteiger partial charge in [0.25, 0.3) is 0 Å². The molecule has 0 spiro atoms. The Hall–Kier alpha value is -1.25. The Bertz CT molecular complexity index is 719. The number of hydrogen-bond donors (Lipinski definition) is 3. The highest BCUT2D eigenvalue weighted by molar-refractivity contribution is 7.98. The number of para-hydroxylation sites is 1. The summed E-state index contributed by atoms with van der Waals surface area (Å²) in [5.41, 5.74) is 1.78. The van der Waals surface area contributed by atoms with Gasteiger partial charge in [-0.1, -0.05) is 42.3 Å². The van der Waals surface area contributed by atoms with Crippen LogP contribution in [0.1, 0.15) is 12.0 Å². The molecule has 3 N–H and O–H groups in total. The van der Waals surface area contributed by atoms with Crippen molar-refractivity contribution in [1.29, 1.82) is 0 Å². The Morgan fingerprint density at radius 1 is 1.30 bits per heavy atom. The van der Waals surface area contributed by atoms with Crippen LogP contribution in [0, 0.1) is 0 Å². The molecule has 120 valence electrons. The Balaban J connectivity index is 1.42. The summed E-state index contributed by atoms with van der Waals surface area (Å²) in [6.07, 6.45) is 7.66. The summed E-state index contributed by atoms with van der Waals surface area (Å²) in [6, 6.07) is 7.76. The highest BCUT2D eigenvalue weighted by Crippen LogP contribution is 2.35. The SMILES string of the molecule is OB(O)C(Cc1coc2ccccc12)NSC1CC2C=CC1O2. The summed E-state index contributed by atoms with van der Waals surface area (Å²) in [5.74, 6) is -0.468. The van der Waals surface area contributed by atoms with Crippen molar-refractivity contribution < 1.29 is 19.2 Å². The van der Waals surface area contributed by atoms with Crippen LogP contribution in [0.25, 0.3) is 11.0 Å². The van der Waals surface area contributed by atoms with Crippen molar-refractivity contribution in [2.75, 3.05) is 0 Å². The van der Waals surface area contributed by atoms with Crippen LogP contribution in [-0.4, -0.2) is 40.6 Å². The van der Waals surface area contributed by atoms with Crippen LogP contribution in [0.3, 0.4) is 0 Å². The van der Waals surface area contributed by atoms with Gasteiger partial charge in [0.1, 0.15) is 5.58 Å². The van der Waals surface area contributed by atoms with Gasteiger partial charge in [0, 0.05) is 5.39 Å². The standard InChI is InChI=1S/C16H18BNO4S/c19-17(20)16(18-23-15-8-11-5-6-14(15)22-11)7-10-9-21-13-4-2-1-3-12(10)13/h1-6,9,11,14-16,18-20H,7-8H2. The molecule has 0 saturated carbocycles. The Labute approximate surface area is 139 Å². The quantitative estimate of drug-likeness (QED) is 0.425. The zero-order valence-corrected chi connectivity index (χ0v) is 13.3. The zero-order valence-electron chi connectivity index (χ0n) is 12.5. The maximum Gasteiger partial charge on any atom is 0.470 e. The monoisotopic (exact) mass is 331 g/mol. The molecule has 2 aromatic rings. The van der Waals surface area contributed by atoms with Crippen LogP contribution in [0.4, 0.5) is 0 Å². The van der Waals surface area contributed by atoms with Crippen molar-refractivity contribution in [2.45, 2.75) is 36.2 Å².